The van der Waals surface area contributed by atoms with Gasteiger partial charge in [-0.15, -0.1) is 0 Å². The number of aliphatic hydroxyl groups excluding tert-OH is 2. The van der Waals surface area contributed by atoms with E-state index >= 15 is 0 Å². The number of nitrogens with two attached hydrogens (primary N) is 1. The molecule has 0 spiro atoms. The number of ether oxygens (including phenoxy) is 1. The van der Waals surface area contributed by atoms with Gasteiger partial charge in [0.2, 0.25) is 0 Å². The van der Waals surface area contributed by atoms with Crippen molar-refractivity contribution >= 4 is 16.3 Å². The van der Waals surface area contributed by atoms with E-state index in [-0.39, 0.29) is 18.8 Å². The van der Waals surface area contributed by atoms with E-state index in [1.165, 1.54) is 6.07 Å². The number of phenols is 1. The second-order valence-corrected chi connectivity index (χ2v) is 10.6. The van der Waals surface area contributed by atoms with Gasteiger partial charge in [-0.05, 0) is 78.7 Å². The van der Waals surface area contributed by atoms with Crippen molar-refractivity contribution < 1.29 is 37.5 Å². The van der Waals surface area contributed by atoms with Crippen molar-refractivity contribution in [3.63, 3.8) is 0 Å². The third kappa shape index (κ3) is 10.9. The van der Waals surface area contributed by atoms with Crippen LogP contribution in [0.2, 0.25) is 0 Å². The first-order valence-electron chi connectivity index (χ1n) is 13.0. The van der Waals surface area contributed by atoms with Crippen LogP contribution in [0.25, 0.3) is 0 Å². The van der Waals surface area contributed by atoms with Gasteiger partial charge in [0.1, 0.15) is 11.5 Å². The Morgan fingerprint density at radius 2 is 1.70 bits per heavy atom. The SMILES string of the molecule is NS(=O)(=O)OC(=O)Cc1cccc(CCCCOc2ccc(CCNC[C@H](O)c3ccc(O)c(CO)c3)cc2)c1. The van der Waals surface area contributed by atoms with Gasteiger partial charge < -0.3 is 29.6 Å². The molecule has 0 bridgehead atoms. The maximum Gasteiger partial charge on any atom is 0.382 e. The van der Waals surface area contributed by atoms with Crippen LogP contribution in [0.1, 0.15) is 46.8 Å². The highest BCUT2D eigenvalue weighted by Crippen LogP contribution is 2.22. The van der Waals surface area contributed by atoms with Crippen molar-refractivity contribution in [3.8, 4) is 11.5 Å². The molecule has 10 nitrogen and oxygen atoms in total. The number of nitrogens with one attached hydrogen (secondary N) is 1. The van der Waals surface area contributed by atoms with E-state index in [2.05, 4.69) is 9.50 Å². The number of aliphatic hydroxyl groups is 2. The summed E-state index contributed by atoms with van der Waals surface area (Å²) in [6, 6.07) is 19.9. The average Bonchev–Trinajstić information content (AvgIpc) is 2.91. The van der Waals surface area contributed by atoms with Crippen molar-refractivity contribution in [2.75, 3.05) is 19.7 Å². The van der Waals surface area contributed by atoms with Gasteiger partial charge in [0.05, 0.1) is 25.7 Å². The van der Waals surface area contributed by atoms with Crippen molar-refractivity contribution in [2.45, 2.75) is 44.8 Å². The molecular formula is C29H36N2O8S. The molecule has 1 atom stereocenters. The van der Waals surface area contributed by atoms with Gasteiger partial charge in [0.25, 0.3) is 0 Å². The lowest BCUT2D eigenvalue weighted by molar-refractivity contribution is -0.133. The molecule has 0 aliphatic heterocycles. The Hall–Kier alpha value is -3.48. The van der Waals surface area contributed by atoms with Gasteiger partial charge in [0.15, 0.2) is 0 Å². The van der Waals surface area contributed by atoms with Crippen molar-refractivity contribution in [1.82, 2.24) is 5.32 Å². The summed E-state index contributed by atoms with van der Waals surface area (Å²) in [6.07, 6.45) is 2.37. The molecule has 0 aliphatic rings. The number of carbonyl (C=O) groups is 1. The number of hydrogen-bond donors (Lipinski definition) is 5. The molecule has 11 heteroatoms. The van der Waals surface area contributed by atoms with Gasteiger partial charge in [0, 0.05) is 12.1 Å². The molecule has 40 heavy (non-hydrogen) atoms. The largest absolute Gasteiger partial charge is 0.508 e. The van der Waals surface area contributed by atoms with Crippen molar-refractivity contribution in [3.05, 3.63) is 94.5 Å². The molecule has 0 heterocycles. The van der Waals surface area contributed by atoms with Gasteiger partial charge >= 0.3 is 16.3 Å². The summed E-state index contributed by atoms with van der Waals surface area (Å²) in [5.74, 6) is -0.124. The second-order valence-electron chi connectivity index (χ2n) is 9.41. The smallest absolute Gasteiger partial charge is 0.382 e. The van der Waals surface area contributed by atoms with E-state index in [0.717, 1.165) is 42.6 Å². The molecule has 0 aliphatic carbocycles. The minimum Gasteiger partial charge on any atom is -0.508 e. The average molecular weight is 573 g/mol. The fraction of sp³-hybridized carbons (Fsp3) is 0.345. The first kappa shape index (κ1) is 31.1. The Kier molecular flexibility index (Phi) is 11.9. The molecule has 0 saturated carbocycles. The van der Waals surface area contributed by atoms with Gasteiger partial charge in [-0.2, -0.15) is 13.6 Å². The molecular weight excluding hydrogens is 536 g/mol. The molecule has 0 aromatic heterocycles. The lowest BCUT2D eigenvalue weighted by Gasteiger charge is -2.14. The predicted molar refractivity (Wildman–Crippen MR) is 150 cm³/mol. The Labute approximate surface area is 234 Å². The molecule has 0 saturated heterocycles. The zero-order valence-corrected chi connectivity index (χ0v) is 23.0. The summed E-state index contributed by atoms with van der Waals surface area (Å²) in [7, 11) is -4.31. The van der Waals surface area contributed by atoms with E-state index in [1.807, 2.05) is 42.5 Å². The molecule has 0 fully saturated rings. The number of unbranched alkanes of at least 4 members (excludes halogenated alkanes) is 1. The number of aryl methyl sites for hydroxylation is 1. The van der Waals surface area contributed by atoms with Crippen LogP contribution >= 0.6 is 0 Å². The summed E-state index contributed by atoms with van der Waals surface area (Å²) in [6.45, 7) is 1.31. The van der Waals surface area contributed by atoms with Crippen LogP contribution in [0.15, 0.2) is 66.7 Å². The van der Waals surface area contributed by atoms with Crippen LogP contribution in [-0.2, 0) is 45.2 Å². The van der Waals surface area contributed by atoms with E-state index in [1.54, 1.807) is 18.2 Å². The van der Waals surface area contributed by atoms with Gasteiger partial charge in [-0.25, -0.2) is 0 Å². The number of carbonyl (C=O) groups excluding carboxylic acids is 1. The maximum atomic E-state index is 11.6. The quantitative estimate of drug-likeness (QED) is 0.162. The Bertz CT molecular complexity index is 1350. The van der Waals surface area contributed by atoms with E-state index in [0.29, 0.717) is 36.4 Å². The third-order valence-corrected chi connectivity index (χ3v) is 6.61. The topological polar surface area (TPSA) is 168 Å². The summed E-state index contributed by atoms with van der Waals surface area (Å²) >= 11 is 0. The molecule has 3 aromatic carbocycles. The van der Waals surface area contributed by atoms with Crippen molar-refractivity contribution in [1.29, 1.82) is 0 Å². The zero-order chi connectivity index (χ0) is 29.0. The Morgan fingerprint density at radius 1 is 0.950 bits per heavy atom. The number of benzene rings is 3. The molecule has 0 radical (unpaired) electrons. The fourth-order valence-corrected chi connectivity index (χ4v) is 4.44. The monoisotopic (exact) mass is 572 g/mol. The minimum absolute atomic E-state index is 0.00861. The fourth-order valence-electron chi connectivity index (χ4n) is 4.12. The molecule has 3 rings (SSSR count). The Morgan fingerprint density at radius 3 is 2.42 bits per heavy atom. The molecule has 0 amide bonds. The lowest BCUT2D eigenvalue weighted by atomic mass is 10.0. The second kappa shape index (κ2) is 15.3. The van der Waals surface area contributed by atoms with Crippen LogP contribution in [0.4, 0.5) is 0 Å². The first-order valence-corrected chi connectivity index (χ1v) is 14.5. The zero-order valence-electron chi connectivity index (χ0n) is 22.2. The van der Waals surface area contributed by atoms with Crippen LogP contribution in [-0.4, -0.2) is 49.4 Å². The van der Waals surface area contributed by atoms with Crippen molar-refractivity contribution in [2.24, 2.45) is 5.14 Å². The number of aromatic hydroxyl groups is 1. The number of hydrogen-bond acceptors (Lipinski definition) is 9. The maximum absolute atomic E-state index is 11.6. The normalized spacial score (nSPS) is 12.2. The van der Waals surface area contributed by atoms with Crippen LogP contribution in [0.5, 0.6) is 11.5 Å². The third-order valence-electron chi connectivity index (χ3n) is 6.19. The molecule has 216 valence electrons. The minimum atomic E-state index is -4.31. The first-order chi connectivity index (χ1) is 19.1. The summed E-state index contributed by atoms with van der Waals surface area (Å²) < 4.78 is 31.7. The highest BCUT2D eigenvalue weighted by molar-refractivity contribution is 7.84. The molecule has 3 aromatic rings. The van der Waals surface area contributed by atoms with Crippen LogP contribution < -0.4 is 15.2 Å². The van der Waals surface area contributed by atoms with E-state index in [4.69, 9.17) is 9.88 Å². The standard InChI is InChI=1S/C29H36N2O8S/c30-40(36,37)39-29(35)17-23-6-3-5-22(16-23)4-1-2-15-38-26-10-7-21(8-11-26)13-14-31-19-28(34)24-9-12-27(33)25(18-24)20-32/h3,5-12,16,18,28,31-34H,1-2,4,13-15,17,19-20H2,(H2,30,36,37)/t28-/m0/s1. The van der Waals surface area contributed by atoms with Gasteiger partial charge in [-0.1, -0.05) is 42.5 Å². The van der Waals surface area contributed by atoms with E-state index < -0.39 is 22.4 Å². The molecule has 6 N–H and O–H groups in total. The summed E-state index contributed by atoms with van der Waals surface area (Å²) in [5.41, 5.74) is 3.84. The number of rotatable bonds is 16. The summed E-state index contributed by atoms with van der Waals surface area (Å²) in [5, 5.41) is 37.2. The van der Waals surface area contributed by atoms with Crippen LogP contribution in [0, 0.1) is 0 Å². The van der Waals surface area contributed by atoms with E-state index in [9.17, 15) is 28.5 Å². The van der Waals surface area contributed by atoms with Crippen LogP contribution in [0.3, 0.4) is 0 Å². The Balaban J connectivity index is 1.31. The summed E-state index contributed by atoms with van der Waals surface area (Å²) in [4.78, 5) is 11.6. The highest BCUT2D eigenvalue weighted by Gasteiger charge is 2.13. The predicted octanol–water partition coefficient (Wildman–Crippen LogP) is 2.44. The lowest BCUT2D eigenvalue weighted by Crippen LogP contribution is -2.23. The molecule has 0 unspecified atom stereocenters. The van der Waals surface area contributed by atoms with Gasteiger partial charge in [-0.3, -0.25) is 4.79 Å². The highest BCUT2D eigenvalue weighted by atomic mass is 32.2.